The highest BCUT2D eigenvalue weighted by Gasteiger charge is 2.84. The van der Waals surface area contributed by atoms with Gasteiger partial charge in [-0.1, -0.05) is 96.6 Å². The average molecular weight is 698 g/mol. The SMILES string of the molecule is COC12OC(C(=O)c3ccccc31)C1(O2)c2ccccc2C2(OC)OC1C1(O2)c2ccccc2C2(OC)OC1C(=S)N2c1ccc(Cl)cc1. The number of fused-ring (bicyclic) bond motifs is 18. The largest absolute Gasteiger partial charge is 0.332 e. The van der Waals surface area contributed by atoms with Gasteiger partial charge < -0.3 is 37.9 Å². The van der Waals surface area contributed by atoms with Crippen molar-refractivity contribution in [1.29, 1.82) is 0 Å². The standard InChI is InChI=1S/C37H28ClNO9S/c1-41-35-26-14-8-6-12-24(26)34(30(44-35)31(49)39(35)21-18-16-20(38)17-19-21)32-33(25-13-7-9-15-27(25)37(43-3,46-32)48-34)29-28(40)22-10-4-5-11-23(22)36(42-2,45-29)47-33/h4-19,29-30,32H,1-3H3. The zero-order valence-electron chi connectivity index (χ0n) is 26.4. The van der Waals surface area contributed by atoms with E-state index in [4.69, 9.17) is 61.7 Å². The van der Waals surface area contributed by atoms with Crippen LogP contribution in [0, 0.1) is 0 Å². The van der Waals surface area contributed by atoms with E-state index in [9.17, 15) is 4.79 Å². The van der Waals surface area contributed by atoms with Gasteiger partial charge in [-0.15, -0.1) is 0 Å². The second kappa shape index (κ2) is 9.80. The maximum Gasteiger partial charge on any atom is 0.314 e. The minimum atomic E-state index is -1.75. The number of anilines is 1. The fraction of sp³-hybridized carbons (Fsp3) is 0.297. The maximum atomic E-state index is 14.7. The third-order valence-corrected chi connectivity index (χ3v) is 11.4. The number of benzene rings is 4. The highest BCUT2D eigenvalue weighted by molar-refractivity contribution is 7.80. The van der Waals surface area contributed by atoms with Crippen molar-refractivity contribution >= 4 is 40.3 Å². The van der Waals surface area contributed by atoms with E-state index in [1.165, 1.54) is 14.2 Å². The lowest BCUT2D eigenvalue weighted by Crippen LogP contribution is -2.64. The van der Waals surface area contributed by atoms with Crippen LogP contribution < -0.4 is 4.90 Å². The summed E-state index contributed by atoms with van der Waals surface area (Å²) in [5.74, 6) is -5.28. The third kappa shape index (κ3) is 3.31. The molecular formula is C37H28ClNO9S. The van der Waals surface area contributed by atoms with Gasteiger partial charge in [0.2, 0.25) is 0 Å². The number of halogens is 1. The van der Waals surface area contributed by atoms with Crippen molar-refractivity contribution in [2.75, 3.05) is 26.2 Å². The number of ketones is 1. The zero-order chi connectivity index (χ0) is 33.6. The smallest absolute Gasteiger partial charge is 0.314 e. The van der Waals surface area contributed by atoms with Crippen LogP contribution in [-0.2, 0) is 67.0 Å². The summed E-state index contributed by atoms with van der Waals surface area (Å²) in [6.07, 6.45) is -3.41. The summed E-state index contributed by atoms with van der Waals surface area (Å²) >= 11 is 12.6. The van der Waals surface area contributed by atoms with Crippen LogP contribution in [0.3, 0.4) is 0 Å². The van der Waals surface area contributed by atoms with Crippen LogP contribution in [0.4, 0.5) is 5.69 Å². The molecule has 0 saturated carbocycles. The molecule has 6 aliphatic heterocycles. The molecule has 6 aliphatic rings. The first-order valence-electron chi connectivity index (χ1n) is 15.8. The topological polar surface area (TPSA) is 94.2 Å². The van der Waals surface area contributed by atoms with Crippen molar-refractivity contribution in [3.8, 4) is 0 Å². The van der Waals surface area contributed by atoms with Crippen LogP contribution >= 0.6 is 23.8 Å². The van der Waals surface area contributed by atoms with Crippen molar-refractivity contribution in [3.63, 3.8) is 0 Å². The Kier molecular flexibility index (Phi) is 6.05. The maximum absolute atomic E-state index is 14.7. The van der Waals surface area contributed by atoms with E-state index in [0.717, 1.165) is 0 Å². The second-order valence-corrected chi connectivity index (χ2v) is 13.6. The number of hydrogen-bond acceptors (Lipinski definition) is 10. The van der Waals surface area contributed by atoms with Gasteiger partial charge in [0.05, 0.1) is 5.56 Å². The van der Waals surface area contributed by atoms with Crippen molar-refractivity contribution in [2.45, 2.75) is 47.4 Å². The number of rotatable bonds is 4. The van der Waals surface area contributed by atoms with Crippen LogP contribution in [-0.4, -0.2) is 50.4 Å². The fourth-order valence-corrected chi connectivity index (χ4v) is 9.42. The predicted molar refractivity (Wildman–Crippen MR) is 176 cm³/mol. The molecule has 0 amide bonds. The van der Waals surface area contributed by atoms with Crippen molar-refractivity contribution in [3.05, 3.63) is 135 Å². The van der Waals surface area contributed by atoms with Crippen molar-refractivity contribution in [1.82, 2.24) is 0 Å². The van der Waals surface area contributed by atoms with E-state index < -0.39 is 47.4 Å². The normalized spacial score (nSPS) is 37.5. The molecule has 10 rings (SSSR count). The summed E-state index contributed by atoms with van der Waals surface area (Å²) in [6.45, 7) is 0. The molecule has 4 aromatic rings. The van der Waals surface area contributed by atoms with E-state index in [-0.39, 0.29) is 5.78 Å². The number of Topliss-reactive ketones (excluding diaryl/α,β-unsaturated/α-hetero) is 1. The molecule has 0 aromatic heterocycles. The summed E-state index contributed by atoms with van der Waals surface area (Å²) < 4.78 is 53.7. The van der Waals surface area contributed by atoms with E-state index >= 15 is 0 Å². The molecule has 0 N–H and O–H groups in total. The predicted octanol–water partition coefficient (Wildman–Crippen LogP) is 5.69. The summed E-state index contributed by atoms with van der Waals surface area (Å²) in [5.41, 5.74) is 0.686. The van der Waals surface area contributed by atoms with Crippen LogP contribution in [0.15, 0.2) is 97.1 Å². The van der Waals surface area contributed by atoms with Crippen molar-refractivity contribution in [2.24, 2.45) is 0 Å². The average Bonchev–Trinajstić information content (AvgIpc) is 3.74. The van der Waals surface area contributed by atoms with E-state index in [0.29, 0.717) is 49.1 Å². The number of nitrogens with zero attached hydrogens (tertiary/aromatic N) is 1. The third-order valence-electron chi connectivity index (χ3n) is 10.8. The van der Waals surface area contributed by atoms with Gasteiger partial charge in [0.1, 0.15) is 17.2 Å². The molecule has 12 heteroatoms. The lowest BCUT2D eigenvalue weighted by Gasteiger charge is -2.49. The van der Waals surface area contributed by atoms with Crippen LogP contribution in [0.2, 0.25) is 5.02 Å². The minimum absolute atomic E-state index is 0.292. The molecular weight excluding hydrogens is 670 g/mol. The Labute approximate surface area is 291 Å². The number of carbonyl (C=O) groups is 1. The zero-order valence-corrected chi connectivity index (χ0v) is 27.9. The molecule has 3 saturated heterocycles. The molecule has 6 heterocycles. The number of methoxy groups -OCH3 is 3. The Bertz CT molecular complexity index is 2120. The number of hydrogen-bond donors (Lipinski definition) is 0. The highest BCUT2D eigenvalue weighted by atomic mass is 35.5. The Morgan fingerprint density at radius 1 is 0.653 bits per heavy atom. The molecule has 2 spiro atoms. The molecule has 3 fully saturated rings. The Hall–Kier alpha value is -3.59. The number of ether oxygens (including phenoxy) is 8. The first-order valence-corrected chi connectivity index (χ1v) is 16.6. The molecule has 8 unspecified atom stereocenters. The first-order chi connectivity index (χ1) is 23.7. The molecule has 248 valence electrons. The van der Waals surface area contributed by atoms with Gasteiger partial charge in [-0.25, -0.2) is 0 Å². The molecule has 0 aliphatic carbocycles. The quantitative estimate of drug-likeness (QED) is 0.246. The summed E-state index contributed by atoms with van der Waals surface area (Å²) in [6, 6.07) is 29.4. The molecule has 0 radical (unpaired) electrons. The van der Waals surface area contributed by atoms with Gasteiger partial charge in [-0.2, -0.15) is 0 Å². The molecule has 49 heavy (non-hydrogen) atoms. The van der Waals surface area contributed by atoms with Gasteiger partial charge >= 0.3 is 11.9 Å². The van der Waals surface area contributed by atoms with Crippen LogP contribution in [0.5, 0.6) is 0 Å². The van der Waals surface area contributed by atoms with Gasteiger partial charge in [0.15, 0.2) is 23.1 Å². The molecule has 8 atom stereocenters. The Balaban J connectivity index is 1.28. The summed E-state index contributed by atoms with van der Waals surface area (Å²) in [4.78, 5) is 16.8. The van der Waals surface area contributed by atoms with E-state index in [2.05, 4.69) is 0 Å². The second-order valence-electron chi connectivity index (χ2n) is 12.7. The molecule has 10 nitrogen and oxygen atoms in total. The number of carbonyl (C=O) groups excluding carboxylic acids is 1. The van der Waals surface area contributed by atoms with Gasteiger partial charge in [0, 0.05) is 59.9 Å². The van der Waals surface area contributed by atoms with Gasteiger partial charge in [-0.05, 0) is 24.3 Å². The van der Waals surface area contributed by atoms with Crippen LogP contribution in [0.25, 0.3) is 0 Å². The first kappa shape index (κ1) is 30.3. The Morgan fingerprint density at radius 2 is 1.20 bits per heavy atom. The van der Waals surface area contributed by atoms with Gasteiger partial charge in [0.25, 0.3) is 5.91 Å². The lowest BCUT2D eigenvalue weighted by atomic mass is 9.67. The Morgan fingerprint density at radius 3 is 1.86 bits per heavy atom. The monoisotopic (exact) mass is 697 g/mol. The molecule has 4 aromatic carbocycles. The number of thiocarbonyl (C=S) groups is 1. The van der Waals surface area contributed by atoms with Crippen LogP contribution in [0.1, 0.15) is 38.2 Å². The minimum Gasteiger partial charge on any atom is -0.332 e. The molecule has 6 bridgehead atoms. The van der Waals surface area contributed by atoms with E-state index in [1.54, 1.807) is 37.4 Å². The summed E-state index contributed by atoms with van der Waals surface area (Å²) in [5, 5.41) is 0.561. The van der Waals surface area contributed by atoms with Gasteiger partial charge in [-0.3, -0.25) is 9.69 Å². The summed E-state index contributed by atoms with van der Waals surface area (Å²) in [7, 11) is 4.56. The lowest BCUT2D eigenvalue weighted by molar-refractivity contribution is -0.382. The fourth-order valence-electron chi connectivity index (χ4n) is 8.85. The highest BCUT2D eigenvalue weighted by Crippen LogP contribution is 2.70. The van der Waals surface area contributed by atoms with Crippen molar-refractivity contribution < 1.29 is 42.7 Å². The van der Waals surface area contributed by atoms with E-state index in [1.807, 2.05) is 71.6 Å².